The van der Waals surface area contributed by atoms with Gasteiger partial charge in [0.1, 0.15) is 36.6 Å². The highest BCUT2D eigenvalue weighted by molar-refractivity contribution is 5.80. The van der Waals surface area contributed by atoms with Gasteiger partial charge in [-0.3, -0.25) is 9.59 Å². The first-order valence-electron chi connectivity index (χ1n) is 17.2. The summed E-state index contributed by atoms with van der Waals surface area (Å²) in [7, 11) is 2.02. The Bertz CT molecular complexity index is 1480. The fourth-order valence-corrected chi connectivity index (χ4v) is 6.76. The van der Waals surface area contributed by atoms with Crippen molar-refractivity contribution in [1.29, 1.82) is 0 Å². The molecule has 0 unspecified atom stereocenters. The fourth-order valence-electron chi connectivity index (χ4n) is 6.76. The molecule has 4 rings (SSSR count). The highest BCUT2D eigenvalue weighted by atomic mass is 16.8. The van der Waals surface area contributed by atoms with Gasteiger partial charge in [-0.2, -0.15) is 0 Å². The van der Waals surface area contributed by atoms with E-state index in [9.17, 15) is 44.1 Å². The summed E-state index contributed by atoms with van der Waals surface area (Å²) in [6, 6.07) is -2.33. The number of nitrogens with one attached hydrogen (secondary N) is 2. The maximum absolute atomic E-state index is 13.4. The normalized spacial score (nSPS) is 31.6. The number of aliphatic hydroxyl groups excluding tert-OH is 3. The lowest BCUT2D eigenvalue weighted by Crippen LogP contribution is -2.67. The number of hydrogen-bond acceptors (Lipinski definition) is 20. The van der Waals surface area contributed by atoms with Crippen molar-refractivity contribution in [3.63, 3.8) is 0 Å². The molecule has 0 radical (unpaired) electrons. The molecule has 0 aromatic heterocycles. The molecule has 4 saturated heterocycles. The molecule has 0 aliphatic carbocycles. The summed E-state index contributed by atoms with van der Waals surface area (Å²) in [5, 5.41) is 39.0. The molecule has 0 aromatic rings. The van der Waals surface area contributed by atoms with Gasteiger partial charge in [-0.15, -0.1) is 0 Å². The Morgan fingerprint density at radius 1 is 0.873 bits per heavy atom. The zero-order valence-corrected chi connectivity index (χ0v) is 30.4. The van der Waals surface area contributed by atoms with Crippen LogP contribution < -0.4 is 10.6 Å². The maximum atomic E-state index is 13.4. The lowest BCUT2D eigenvalue weighted by molar-refractivity contribution is -0.322. The van der Waals surface area contributed by atoms with Crippen molar-refractivity contribution < 1.29 is 91.5 Å². The molecule has 12 atom stereocenters. The molecule has 55 heavy (non-hydrogen) atoms. The summed E-state index contributed by atoms with van der Waals surface area (Å²) in [6.07, 6.45) is -14.5. The number of hydrogen-bond donors (Lipinski definition) is 5. The number of amides is 2. The van der Waals surface area contributed by atoms with Gasteiger partial charge in [0.05, 0.1) is 59.0 Å². The van der Waals surface area contributed by atoms with Crippen LogP contribution in [0, 0.1) is 0 Å². The number of unbranched alkanes of at least 4 members (excludes halogenated alkanes) is 2. The van der Waals surface area contributed by atoms with E-state index in [4.69, 9.17) is 52.9 Å². The van der Waals surface area contributed by atoms with Crippen molar-refractivity contribution in [2.75, 3.05) is 40.6 Å². The summed E-state index contributed by atoms with van der Waals surface area (Å²) in [5.74, 6) is -9.07. The van der Waals surface area contributed by atoms with E-state index in [1.807, 2.05) is 0 Å². The van der Waals surface area contributed by atoms with Gasteiger partial charge in [-0.25, -0.2) is 19.2 Å². The number of carbonyl (C=O) groups is 6. The van der Waals surface area contributed by atoms with Gasteiger partial charge in [-0.05, 0) is 18.4 Å². The summed E-state index contributed by atoms with van der Waals surface area (Å²) in [4.78, 5) is 79.5. The molecule has 24 nitrogen and oxygen atoms in total. The molecule has 4 fully saturated rings. The van der Waals surface area contributed by atoms with Crippen molar-refractivity contribution in [2.24, 2.45) is 5.11 Å². The first-order valence-corrected chi connectivity index (χ1v) is 17.2. The maximum Gasteiger partial charge on any atom is 0.407 e. The molecular weight excluding hydrogens is 746 g/mol. The molecule has 4 aliphatic heterocycles. The van der Waals surface area contributed by atoms with Gasteiger partial charge >= 0.3 is 36.1 Å². The quantitative estimate of drug-likeness (QED) is 0.0244. The summed E-state index contributed by atoms with van der Waals surface area (Å²) in [6.45, 7) is 0.268. The summed E-state index contributed by atoms with van der Waals surface area (Å²) in [5.41, 5.74) is 8.50. The highest BCUT2D eigenvalue weighted by Gasteiger charge is 2.63. The van der Waals surface area contributed by atoms with Crippen LogP contribution in [0.25, 0.3) is 10.4 Å². The average Bonchev–Trinajstić information content (AvgIpc) is 3.72. The Kier molecular flexibility index (Phi) is 14.8. The third-order valence-electron chi connectivity index (χ3n) is 9.19. The minimum atomic E-state index is -2.57. The van der Waals surface area contributed by atoms with E-state index in [0.717, 1.165) is 28.1 Å². The second kappa shape index (κ2) is 18.9. The van der Waals surface area contributed by atoms with Crippen LogP contribution in [0.3, 0.4) is 0 Å². The second-order valence-corrected chi connectivity index (χ2v) is 12.9. The van der Waals surface area contributed by atoms with Crippen molar-refractivity contribution >= 4 is 36.1 Å². The second-order valence-electron chi connectivity index (χ2n) is 12.9. The third kappa shape index (κ3) is 10.0. The van der Waals surface area contributed by atoms with Crippen molar-refractivity contribution in [3.8, 4) is 0 Å². The SMILES string of the molecule is COC(=O)[C@@]1(OCCCCCN=[N+]=[N-])C[C@@H]2OC(=O)N[C@H]2[C@H]([C@H](OC(C)=O)[C@@H](CO[C@]2(C(=O)OC)C[C@@H]3OC(=O)N[C@H]3[C@H]([C@H](O)[C@H](O)CO)O2)OC(C)=O)O1. The molecule has 5 N–H and O–H groups in total. The Morgan fingerprint density at radius 2 is 1.42 bits per heavy atom. The number of methoxy groups -OCH3 is 2. The molecule has 24 heteroatoms. The number of fused-ring (bicyclic) bond motifs is 2. The van der Waals surface area contributed by atoms with E-state index in [-0.39, 0.29) is 13.2 Å². The predicted octanol–water partition coefficient (Wildman–Crippen LogP) is -1.65. The molecule has 2 amide bonds. The molecule has 0 saturated carbocycles. The molecule has 0 spiro atoms. The number of carbonyl (C=O) groups excluding carboxylic acids is 6. The van der Waals surface area contributed by atoms with Crippen molar-refractivity contribution in [2.45, 2.75) is 118 Å². The lowest BCUT2D eigenvalue weighted by Gasteiger charge is -2.47. The number of rotatable bonds is 19. The van der Waals surface area contributed by atoms with Gasteiger partial charge in [0.2, 0.25) is 0 Å². The van der Waals surface area contributed by atoms with Crippen LogP contribution >= 0.6 is 0 Å². The Balaban J connectivity index is 1.70. The molecular formula is C31H45N5O19. The Hall–Kier alpha value is -4.55. The van der Waals surface area contributed by atoms with Crippen LogP contribution in [0.15, 0.2) is 5.11 Å². The van der Waals surface area contributed by atoms with E-state index in [1.165, 1.54) is 0 Å². The monoisotopic (exact) mass is 791 g/mol. The van der Waals surface area contributed by atoms with Gasteiger partial charge in [0.25, 0.3) is 11.6 Å². The standard InChI is InChI=1S/C31H45N5O19/c1-14(38)50-19(13-49-31(27(43)47-4)11-17-20(34-28(44)52-17)24(54-31)22(41)16(40)12-37)23(51-15(2)39)25-21-18(53-29(45)35-21)10-30(55-25,26(42)46-3)48-9-7-5-6-8-33-36-32/h16-25,37,40-41H,5-13H2,1-4H3,(H,34,44)(H,35,45)/t16-,17+,18+,19-,20-,21-,22-,23-,24-,25-,30-,31-/m1/s1. The minimum Gasteiger partial charge on any atom is -0.465 e. The topological polar surface area (TPSA) is 328 Å². The van der Waals surface area contributed by atoms with E-state index in [0.29, 0.717) is 19.3 Å². The Labute approximate surface area is 312 Å². The largest absolute Gasteiger partial charge is 0.465 e. The van der Waals surface area contributed by atoms with Gasteiger partial charge in [0.15, 0.2) is 12.2 Å². The number of ether oxygens (including phenoxy) is 10. The van der Waals surface area contributed by atoms with E-state index in [2.05, 4.69) is 20.7 Å². The van der Waals surface area contributed by atoms with Crippen molar-refractivity contribution in [1.82, 2.24) is 10.6 Å². The average molecular weight is 792 g/mol. The predicted molar refractivity (Wildman–Crippen MR) is 173 cm³/mol. The molecule has 308 valence electrons. The smallest absolute Gasteiger partial charge is 0.407 e. The number of aliphatic hydroxyl groups is 3. The lowest BCUT2D eigenvalue weighted by atomic mass is 9.88. The van der Waals surface area contributed by atoms with Crippen LogP contribution in [0.1, 0.15) is 46.0 Å². The Morgan fingerprint density at radius 3 is 1.95 bits per heavy atom. The van der Waals surface area contributed by atoms with Crippen LogP contribution in [0.2, 0.25) is 0 Å². The number of alkyl carbamates (subject to hydrolysis) is 2. The summed E-state index contributed by atoms with van der Waals surface area (Å²) >= 11 is 0. The van der Waals surface area contributed by atoms with Crippen LogP contribution in [-0.4, -0.2) is 164 Å². The molecule has 4 heterocycles. The molecule has 0 aromatic carbocycles. The van der Waals surface area contributed by atoms with Crippen molar-refractivity contribution in [3.05, 3.63) is 10.4 Å². The minimum absolute atomic E-state index is 0.107. The first-order chi connectivity index (χ1) is 26.1. The zero-order chi connectivity index (χ0) is 40.5. The molecule has 0 bridgehead atoms. The van der Waals surface area contributed by atoms with E-state index >= 15 is 0 Å². The number of azide groups is 1. The van der Waals surface area contributed by atoms with Gasteiger partial charge in [0, 0.05) is 25.3 Å². The van der Waals surface area contributed by atoms with Gasteiger partial charge in [-0.1, -0.05) is 11.5 Å². The van der Waals surface area contributed by atoms with E-state index in [1.54, 1.807) is 0 Å². The van der Waals surface area contributed by atoms with Crippen LogP contribution in [-0.2, 0) is 66.5 Å². The number of nitrogens with zero attached hydrogens (tertiary/aromatic N) is 3. The van der Waals surface area contributed by atoms with E-state index < -0.39 is 135 Å². The zero-order valence-electron chi connectivity index (χ0n) is 30.4. The third-order valence-corrected chi connectivity index (χ3v) is 9.19. The fraction of sp³-hybridized carbons (Fsp3) is 0.806. The summed E-state index contributed by atoms with van der Waals surface area (Å²) < 4.78 is 55.9. The number of esters is 4. The molecule has 4 aliphatic rings. The first kappa shape index (κ1) is 43.2. The van der Waals surface area contributed by atoms with Gasteiger partial charge < -0.3 is 73.3 Å². The highest BCUT2D eigenvalue weighted by Crippen LogP contribution is 2.41. The van der Waals surface area contributed by atoms with Crippen LogP contribution in [0.5, 0.6) is 0 Å². The van der Waals surface area contributed by atoms with Crippen LogP contribution in [0.4, 0.5) is 9.59 Å².